The van der Waals surface area contributed by atoms with E-state index in [1.807, 2.05) is 0 Å². The second kappa shape index (κ2) is 3.15. The Labute approximate surface area is 72.1 Å². The van der Waals surface area contributed by atoms with Crippen LogP contribution in [0.4, 0.5) is 5.69 Å². The third kappa shape index (κ3) is 2.92. The van der Waals surface area contributed by atoms with Gasteiger partial charge in [-0.05, 0) is 17.7 Å². The topological polar surface area (TPSA) is 60.2 Å². The molecular weight excluding hydrogens is 174 g/mol. The second-order valence-electron chi connectivity index (χ2n) is 2.63. The van der Waals surface area contributed by atoms with Crippen LogP contribution in [0.1, 0.15) is 5.56 Å². The van der Waals surface area contributed by atoms with Gasteiger partial charge in [0, 0.05) is 5.69 Å². The molecule has 1 radical (unpaired) electrons. The molecule has 0 aliphatic rings. The number of rotatable bonds is 2. The van der Waals surface area contributed by atoms with Crippen LogP contribution < -0.4 is 5.73 Å². The smallest absolute Gasteiger partial charge is 0.155 e. The molecule has 0 heterocycles. The fraction of sp³-hybridized carbons (Fsp3) is 0.125. The molecule has 0 aliphatic carbocycles. The maximum absolute atomic E-state index is 10.7. The minimum absolute atomic E-state index is 0.0344. The summed E-state index contributed by atoms with van der Waals surface area (Å²) in [5, 5.41) is 0. The second-order valence-corrected chi connectivity index (χ2v) is 4.41. The van der Waals surface area contributed by atoms with Crippen molar-refractivity contribution in [2.45, 2.75) is 5.75 Å². The van der Waals surface area contributed by atoms with Gasteiger partial charge in [-0.3, -0.25) is 0 Å². The van der Waals surface area contributed by atoms with Crippen molar-refractivity contribution in [2.75, 3.05) is 5.73 Å². The van der Waals surface area contributed by atoms with E-state index in [1.54, 1.807) is 24.3 Å². The molecule has 0 atom stereocenters. The lowest BCUT2D eigenvalue weighted by molar-refractivity contribution is 0.603. The summed E-state index contributed by atoms with van der Waals surface area (Å²) in [5.41, 5.74) is 6.76. The molecule has 4 heteroatoms. The lowest BCUT2D eigenvalue weighted by Crippen LogP contribution is -1.98. The average Bonchev–Trinajstić information content (AvgIpc) is 1.91. The summed E-state index contributed by atoms with van der Waals surface area (Å²) >= 11 is 0. The molecule has 0 fully saturated rings. The van der Waals surface area contributed by atoms with Crippen LogP contribution in [-0.4, -0.2) is 8.42 Å². The van der Waals surface area contributed by atoms with E-state index in [4.69, 9.17) is 5.73 Å². The third-order valence-corrected chi connectivity index (χ3v) is 2.14. The van der Waals surface area contributed by atoms with E-state index in [0.29, 0.717) is 11.3 Å². The van der Waals surface area contributed by atoms with Crippen LogP contribution in [0.25, 0.3) is 0 Å². The van der Waals surface area contributed by atoms with Gasteiger partial charge >= 0.3 is 0 Å². The van der Waals surface area contributed by atoms with Gasteiger partial charge < -0.3 is 5.73 Å². The summed E-state index contributed by atoms with van der Waals surface area (Å²) in [6.45, 7) is 0. The third-order valence-electron chi connectivity index (χ3n) is 1.37. The van der Waals surface area contributed by atoms with Gasteiger partial charge in [0.1, 0.15) is 0 Å². The van der Waals surface area contributed by atoms with E-state index < -0.39 is 9.84 Å². The fourth-order valence-electron chi connectivity index (χ4n) is 0.868. The summed E-state index contributed by atoms with van der Waals surface area (Å²) in [5.74, 6) is -0.0344. The Kier molecular flexibility index (Phi) is 2.38. The van der Waals surface area contributed by atoms with Crippen LogP contribution in [0.3, 0.4) is 0 Å². The Morgan fingerprint density at radius 1 is 1.25 bits per heavy atom. The SMILES string of the molecule is [CH2]S(=O)(=O)Cc1ccc(N)cc1. The molecule has 1 aromatic rings. The van der Waals surface area contributed by atoms with Crippen molar-refractivity contribution < 1.29 is 8.42 Å². The van der Waals surface area contributed by atoms with E-state index in [0.717, 1.165) is 0 Å². The molecule has 0 amide bonds. The van der Waals surface area contributed by atoms with Crippen LogP contribution in [0, 0.1) is 6.26 Å². The zero-order valence-electron chi connectivity index (χ0n) is 6.53. The molecule has 0 saturated heterocycles. The molecule has 12 heavy (non-hydrogen) atoms. The van der Waals surface area contributed by atoms with Crippen LogP contribution in [0.5, 0.6) is 0 Å². The molecule has 0 spiro atoms. The highest BCUT2D eigenvalue weighted by molar-refractivity contribution is 7.91. The summed E-state index contributed by atoms with van der Waals surface area (Å²) in [6, 6.07) is 6.69. The minimum atomic E-state index is -3.18. The van der Waals surface area contributed by atoms with Crippen molar-refractivity contribution in [1.29, 1.82) is 0 Å². The van der Waals surface area contributed by atoms with E-state index >= 15 is 0 Å². The molecule has 0 unspecified atom stereocenters. The van der Waals surface area contributed by atoms with E-state index in [9.17, 15) is 8.42 Å². The van der Waals surface area contributed by atoms with Gasteiger partial charge in [0.05, 0.1) is 12.0 Å². The van der Waals surface area contributed by atoms with E-state index in [1.165, 1.54) is 0 Å². The molecule has 3 nitrogen and oxygen atoms in total. The van der Waals surface area contributed by atoms with E-state index in [-0.39, 0.29) is 5.75 Å². The molecule has 0 bridgehead atoms. The van der Waals surface area contributed by atoms with Gasteiger partial charge in [0.15, 0.2) is 9.84 Å². The Morgan fingerprint density at radius 2 is 1.75 bits per heavy atom. The zero-order chi connectivity index (χ0) is 9.19. The standard InChI is InChI=1S/C8H10NO2S/c1-12(10,11)6-7-2-4-8(9)5-3-7/h2-5H,1,6,9H2. The van der Waals surface area contributed by atoms with Gasteiger partial charge in [-0.25, -0.2) is 8.42 Å². The van der Waals surface area contributed by atoms with Crippen molar-refractivity contribution in [1.82, 2.24) is 0 Å². The largest absolute Gasteiger partial charge is 0.399 e. The predicted molar refractivity (Wildman–Crippen MR) is 48.8 cm³/mol. The number of sulfone groups is 1. The maximum atomic E-state index is 10.7. The zero-order valence-corrected chi connectivity index (χ0v) is 7.34. The summed E-state index contributed by atoms with van der Waals surface area (Å²) < 4.78 is 21.5. The number of benzene rings is 1. The van der Waals surface area contributed by atoms with Gasteiger partial charge in [-0.2, -0.15) is 0 Å². The molecule has 0 aliphatic heterocycles. The van der Waals surface area contributed by atoms with Crippen molar-refractivity contribution in [3.8, 4) is 0 Å². The Morgan fingerprint density at radius 3 is 2.17 bits per heavy atom. The van der Waals surface area contributed by atoms with Crippen molar-refractivity contribution in [2.24, 2.45) is 0 Å². The van der Waals surface area contributed by atoms with Crippen LogP contribution in [0.15, 0.2) is 24.3 Å². The molecule has 65 valence electrons. The minimum Gasteiger partial charge on any atom is -0.399 e. The van der Waals surface area contributed by atoms with Crippen LogP contribution in [-0.2, 0) is 15.6 Å². The normalized spacial score (nSPS) is 11.4. The highest BCUT2D eigenvalue weighted by Gasteiger charge is 2.03. The van der Waals surface area contributed by atoms with Gasteiger partial charge in [-0.1, -0.05) is 12.1 Å². The summed E-state index contributed by atoms with van der Waals surface area (Å²) in [7, 11) is -3.18. The first-order valence-electron chi connectivity index (χ1n) is 3.37. The molecule has 0 aromatic heterocycles. The lowest BCUT2D eigenvalue weighted by Gasteiger charge is -1.98. The van der Waals surface area contributed by atoms with Crippen molar-refractivity contribution in [3.63, 3.8) is 0 Å². The number of nitrogens with two attached hydrogens (primary N) is 1. The van der Waals surface area contributed by atoms with Crippen molar-refractivity contribution >= 4 is 15.5 Å². The molecular formula is C8H10NO2S. The van der Waals surface area contributed by atoms with Crippen LogP contribution in [0.2, 0.25) is 0 Å². The van der Waals surface area contributed by atoms with Crippen molar-refractivity contribution in [3.05, 3.63) is 36.1 Å². The number of hydrogen-bond acceptors (Lipinski definition) is 3. The van der Waals surface area contributed by atoms with E-state index in [2.05, 4.69) is 6.26 Å². The Balaban J connectivity index is 2.85. The monoisotopic (exact) mass is 184 g/mol. The highest BCUT2D eigenvalue weighted by atomic mass is 32.2. The van der Waals surface area contributed by atoms with Gasteiger partial charge in [0.25, 0.3) is 0 Å². The summed E-state index contributed by atoms with van der Waals surface area (Å²) in [4.78, 5) is 0. The quantitative estimate of drug-likeness (QED) is 0.697. The molecule has 1 aromatic carbocycles. The molecule has 1 rings (SSSR count). The Bertz CT molecular complexity index is 353. The lowest BCUT2D eigenvalue weighted by atomic mass is 10.2. The molecule has 0 saturated carbocycles. The number of anilines is 1. The van der Waals surface area contributed by atoms with Gasteiger partial charge in [-0.15, -0.1) is 0 Å². The first kappa shape index (κ1) is 9.06. The first-order valence-corrected chi connectivity index (χ1v) is 5.20. The Hall–Kier alpha value is -1.03. The number of nitrogen functional groups attached to an aromatic ring is 1. The molecule has 2 N–H and O–H groups in total. The predicted octanol–water partition coefficient (Wildman–Crippen LogP) is 0.975. The summed E-state index contributed by atoms with van der Waals surface area (Å²) in [6.07, 6.45) is 3.03. The highest BCUT2D eigenvalue weighted by Crippen LogP contribution is 2.08. The van der Waals surface area contributed by atoms with Crippen LogP contribution >= 0.6 is 0 Å². The number of hydrogen-bond donors (Lipinski definition) is 1. The maximum Gasteiger partial charge on any atom is 0.155 e. The average molecular weight is 184 g/mol. The van der Waals surface area contributed by atoms with Gasteiger partial charge in [0.2, 0.25) is 0 Å². The fourth-order valence-corrected chi connectivity index (χ4v) is 1.57. The first-order chi connectivity index (χ1) is 5.47.